The normalized spacial score (nSPS) is 21.1. The summed E-state index contributed by atoms with van der Waals surface area (Å²) in [6, 6.07) is 1.62. The van der Waals surface area contributed by atoms with Crippen molar-refractivity contribution in [2.45, 2.75) is 25.4 Å². The first-order valence-electron chi connectivity index (χ1n) is 6.60. The van der Waals surface area contributed by atoms with Gasteiger partial charge >= 0.3 is 0 Å². The highest BCUT2D eigenvalue weighted by atomic mass is 16.5. The summed E-state index contributed by atoms with van der Waals surface area (Å²) in [7, 11) is 0. The van der Waals surface area contributed by atoms with Crippen molar-refractivity contribution in [1.29, 1.82) is 0 Å². The lowest BCUT2D eigenvalue weighted by Gasteiger charge is -2.23. The number of rotatable bonds is 3. The van der Waals surface area contributed by atoms with E-state index in [0.717, 1.165) is 19.4 Å². The summed E-state index contributed by atoms with van der Waals surface area (Å²) in [6.45, 7) is 2.97. The van der Waals surface area contributed by atoms with Gasteiger partial charge in [0.15, 0.2) is 0 Å². The Hall–Kier alpha value is -1.90. The maximum Gasteiger partial charge on any atom is 0.252 e. The van der Waals surface area contributed by atoms with Crippen LogP contribution in [0.3, 0.4) is 0 Å². The fraction of sp³-hybridized carbons (Fsp3) is 0.467. The molecule has 1 unspecified atom stereocenters. The van der Waals surface area contributed by atoms with E-state index in [9.17, 15) is 4.79 Å². The predicted octanol–water partition coefficient (Wildman–Crippen LogP) is 0.724. The van der Waals surface area contributed by atoms with Crippen LogP contribution in [0.1, 0.15) is 35.7 Å². The second-order valence-electron chi connectivity index (χ2n) is 4.97. The van der Waals surface area contributed by atoms with Crippen molar-refractivity contribution in [2.75, 3.05) is 19.8 Å². The van der Waals surface area contributed by atoms with Crippen LogP contribution >= 0.6 is 0 Å². The summed E-state index contributed by atoms with van der Waals surface area (Å²) in [5, 5.41) is 11.6. The number of amides is 1. The fourth-order valence-corrected chi connectivity index (χ4v) is 2.17. The van der Waals surface area contributed by atoms with E-state index in [4.69, 9.17) is 9.84 Å². The number of aliphatic hydroxyl groups is 1. The van der Waals surface area contributed by atoms with Crippen molar-refractivity contribution in [3.63, 3.8) is 0 Å². The second kappa shape index (κ2) is 6.51. The van der Waals surface area contributed by atoms with E-state index in [1.165, 1.54) is 6.20 Å². The highest BCUT2D eigenvalue weighted by Gasteiger charge is 2.30. The molecule has 0 radical (unpaired) electrons. The zero-order chi connectivity index (χ0) is 14.4. The predicted molar refractivity (Wildman–Crippen MR) is 74.1 cm³/mol. The van der Waals surface area contributed by atoms with Gasteiger partial charge in [-0.25, -0.2) is 0 Å². The minimum Gasteiger partial charge on any atom is -0.384 e. The van der Waals surface area contributed by atoms with E-state index in [0.29, 0.717) is 17.7 Å². The molecule has 1 aliphatic rings. The highest BCUT2D eigenvalue weighted by Crippen LogP contribution is 2.24. The first-order chi connectivity index (χ1) is 9.64. The van der Waals surface area contributed by atoms with Crippen LogP contribution in [0.15, 0.2) is 18.5 Å². The monoisotopic (exact) mass is 274 g/mol. The largest absolute Gasteiger partial charge is 0.384 e. The quantitative estimate of drug-likeness (QED) is 0.797. The van der Waals surface area contributed by atoms with Gasteiger partial charge in [-0.05, 0) is 25.8 Å². The van der Waals surface area contributed by atoms with Gasteiger partial charge in [0.05, 0.1) is 16.7 Å². The lowest BCUT2D eigenvalue weighted by Crippen LogP contribution is -2.40. The van der Waals surface area contributed by atoms with Crippen molar-refractivity contribution in [3.8, 4) is 11.8 Å². The highest BCUT2D eigenvalue weighted by molar-refractivity contribution is 5.96. The molecule has 106 valence electrons. The molecule has 1 aliphatic heterocycles. The van der Waals surface area contributed by atoms with Crippen LogP contribution < -0.4 is 5.32 Å². The number of nitrogens with one attached hydrogen (secondary N) is 1. The van der Waals surface area contributed by atoms with Gasteiger partial charge < -0.3 is 15.2 Å². The Labute approximate surface area is 118 Å². The van der Waals surface area contributed by atoms with Crippen LogP contribution in [-0.4, -0.2) is 41.4 Å². The van der Waals surface area contributed by atoms with Gasteiger partial charge in [-0.1, -0.05) is 11.8 Å². The molecule has 2 rings (SSSR count). The SMILES string of the molecule is CC1(CNC(=O)c2ccncc2C#CCO)CCCO1. The van der Waals surface area contributed by atoms with E-state index >= 15 is 0 Å². The number of carbonyl (C=O) groups is 1. The van der Waals surface area contributed by atoms with Gasteiger partial charge in [0.25, 0.3) is 5.91 Å². The van der Waals surface area contributed by atoms with Gasteiger partial charge in [0.2, 0.25) is 0 Å². The average Bonchev–Trinajstić information content (AvgIpc) is 2.90. The van der Waals surface area contributed by atoms with Crippen molar-refractivity contribution < 1.29 is 14.6 Å². The smallest absolute Gasteiger partial charge is 0.252 e. The third-order valence-corrected chi connectivity index (χ3v) is 3.29. The summed E-state index contributed by atoms with van der Waals surface area (Å²) >= 11 is 0. The van der Waals surface area contributed by atoms with Crippen LogP contribution in [0.25, 0.3) is 0 Å². The van der Waals surface area contributed by atoms with Gasteiger partial charge in [-0.15, -0.1) is 0 Å². The number of carbonyl (C=O) groups excluding carboxylic acids is 1. The van der Waals surface area contributed by atoms with E-state index in [-0.39, 0.29) is 18.1 Å². The molecule has 1 aromatic rings. The number of hydrogen-bond acceptors (Lipinski definition) is 4. The minimum atomic E-state index is -0.278. The molecule has 0 saturated carbocycles. The number of aliphatic hydroxyl groups excluding tert-OH is 1. The number of hydrogen-bond donors (Lipinski definition) is 2. The Kier molecular flexibility index (Phi) is 4.72. The van der Waals surface area contributed by atoms with Crippen LogP contribution in [0, 0.1) is 11.8 Å². The van der Waals surface area contributed by atoms with Crippen molar-refractivity contribution in [2.24, 2.45) is 0 Å². The molecule has 1 atom stereocenters. The zero-order valence-corrected chi connectivity index (χ0v) is 11.5. The van der Waals surface area contributed by atoms with Crippen LogP contribution in [-0.2, 0) is 4.74 Å². The van der Waals surface area contributed by atoms with E-state index in [2.05, 4.69) is 22.1 Å². The minimum absolute atomic E-state index is 0.202. The number of aromatic nitrogens is 1. The number of nitrogens with zero attached hydrogens (tertiary/aromatic N) is 1. The first kappa shape index (κ1) is 14.5. The molecule has 1 fully saturated rings. The molecule has 0 aliphatic carbocycles. The summed E-state index contributed by atoms with van der Waals surface area (Å²) in [5.74, 6) is 5.05. The average molecular weight is 274 g/mol. The molecule has 0 aromatic carbocycles. The summed E-state index contributed by atoms with van der Waals surface area (Å²) in [5.41, 5.74) is 0.693. The lowest BCUT2D eigenvalue weighted by molar-refractivity contribution is 0.0206. The molecule has 5 heteroatoms. The Morgan fingerprint density at radius 3 is 3.20 bits per heavy atom. The van der Waals surface area contributed by atoms with E-state index < -0.39 is 0 Å². The zero-order valence-electron chi connectivity index (χ0n) is 11.5. The molecular formula is C15H18N2O3. The standard InChI is InChI=1S/C15H18N2O3/c1-15(6-3-9-20-15)11-17-14(19)13-5-7-16-10-12(13)4-2-8-18/h5,7,10,18H,3,6,8-9,11H2,1H3,(H,17,19). The third kappa shape index (κ3) is 3.56. The third-order valence-electron chi connectivity index (χ3n) is 3.29. The van der Waals surface area contributed by atoms with E-state index in [1.54, 1.807) is 12.3 Å². The molecule has 0 spiro atoms. The Morgan fingerprint density at radius 1 is 1.65 bits per heavy atom. The molecule has 20 heavy (non-hydrogen) atoms. The molecular weight excluding hydrogens is 256 g/mol. The summed E-state index contributed by atoms with van der Waals surface area (Å²) < 4.78 is 5.63. The maximum atomic E-state index is 12.2. The molecule has 1 aromatic heterocycles. The first-order valence-corrected chi connectivity index (χ1v) is 6.60. The number of ether oxygens (including phenoxy) is 1. The van der Waals surface area contributed by atoms with Gasteiger partial charge in [0.1, 0.15) is 6.61 Å². The summed E-state index contributed by atoms with van der Waals surface area (Å²) in [4.78, 5) is 16.1. The molecule has 0 bridgehead atoms. The van der Waals surface area contributed by atoms with Crippen LogP contribution in [0.2, 0.25) is 0 Å². The second-order valence-corrected chi connectivity index (χ2v) is 4.97. The van der Waals surface area contributed by atoms with Gasteiger partial charge in [-0.2, -0.15) is 0 Å². The summed E-state index contributed by atoms with van der Waals surface area (Å²) in [6.07, 6.45) is 5.04. The molecule has 2 N–H and O–H groups in total. The lowest BCUT2D eigenvalue weighted by atomic mass is 10.0. The molecule has 2 heterocycles. The van der Waals surface area contributed by atoms with Crippen molar-refractivity contribution in [1.82, 2.24) is 10.3 Å². The molecule has 1 saturated heterocycles. The van der Waals surface area contributed by atoms with Gasteiger partial charge in [-0.3, -0.25) is 9.78 Å². The van der Waals surface area contributed by atoms with Crippen LogP contribution in [0.5, 0.6) is 0 Å². The molecule has 5 nitrogen and oxygen atoms in total. The number of pyridine rings is 1. The van der Waals surface area contributed by atoms with E-state index in [1.807, 2.05) is 6.92 Å². The van der Waals surface area contributed by atoms with Crippen molar-refractivity contribution >= 4 is 5.91 Å². The maximum absolute atomic E-state index is 12.2. The molecule has 1 amide bonds. The fourth-order valence-electron chi connectivity index (χ4n) is 2.17. The topological polar surface area (TPSA) is 71.5 Å². The van der Waals surface area contributed by atoms with Gasteiger partial charge in [0, 0.05) is 25.5 Å². The Balaban J connectivity index is 2.05. The van der Waals surface area contributed by atoms with Crippen LogP contribution in [0.4, 0.5) is 0 Å². The van der Waals surface area contributed by atoms with Crippen molar-refractivity contribution in [3.05, 3.63) is 29.6 Å². The Morgan fingerprint density at radius 2 is 2.50 bits per heavy atom. The Bertz CT molecular complexity index is 540.